The molecule has 6 nitrogen and oxygen atoms in total. The molecule has 7 heteroatoms. The van der Waals surface area contributed by atoms with Crippen molar-refractivity contribution in [1.29, 1.82) is 0 Å². The molecule has 2 aromatic rings. The van der Waals surface area contributed by atoms with Crippen LogP contribution in [0.5, 0.6) is 0 Å². The van der Waals surface area contributed by atoms with Crippen LogP contribution in [0.4, 0.5) is 5.69 Å². The van der Waals surface area contributed by atoms with Gasteiger partial charge < -0.3 is 10.2 Å². The zero-order valence-corrected chi connectivity index (χ0v) is 14.0. The summed E-state index contributed by atoms with van der Waals surface area (Å²) in [6.07, 6.45) is 8.95. The summed E-state index contributed by atoms with van der Waals surface area (Å²) in [7, 11) is 1.81. The van der Waals surface area contributed by atoms with E-state index in [1.54, 1.807) is 36.5 Å². The zero-order valence-electron chi connectivity index (χ0n) is 12.4. The Morgan fingerprint density at radius 2 is 2.32 bits per heavy atom. The number of aromatic nitrogens is 3. The first-order valence-electron chi connectivity index (χ1n) is 7.27. The van der Waals surface area contributed by atoms with Crippen molar-refractivity contribution in [3.8, 4) is 0 Å². The lowest BCUT2D eigenvalue weighted by Crippen LogP contribution is -2.47. The summed E-state index contributed by atoms with van der Waals surface area (Å²) in [6, 6.07) is 2.14. The average Bonchev–Trinajstić information content (AvgIpc) is 2.95. The highest BCUT2D eigenvalue weighted by molar-refractivity contribution is 9.10. The first-order chi connectivity index (χ1) is 10.6. The van der Waals surface area contributed by atoms with E-state index in [1.807, 2.05) is 6.07 Å². The third-order valence-electron chi connectivity index (χ3n) is 3.82. The SMILES string of the molecule is Cn1cc(C(=O)NC2CCCN(c3ccncc3Br)C2)cn1. The highest BCUT2D eigenvalue weighted by Gasteiger charge is 2.23. The molecule has 1 atom stereocenters. The molecule has 22 heavy (non-hydrogen) atoms. The lowest BCUT2D eigenvalue weighted by Gasteiger charge is -2.35. The van der Waals surface area contributed by atoms with Crippen LogP contribution in [0.15, 0.2) is 35.3 Å². The van der Waals surface area contributed by atoms with Gasteiger partial charge in [0.05, 0.1) is 21.9 Å². The topological polar surface area (TPSA) is 63.1 Å². The predicted octanol–water partition coefficient (Wildman–Crippen LogP) is 1.98. The number of nitrogens with one attached hydrogen (secondary N) is 1. The van der Waals surface area contributed by atoms with Crippen molar-refractivity contribution in [3.63, 3.8) is 0 Å². The van der Waals surface area contributed by atoms with E-state index in [0.29, 0.717) is 5.56 Å². The van der Waals surface area contributed by atoms with Crippen molar-refractivity contribution in [3.05, 3.63) is 40.9 Å². The lowest BCUT2D eigenvalue weighted by atomic mass is 10.0. The first kappa shape index (κ1) is 15.0. The van der Waals surface area contributed by atoms with Gasteiger partial charge >= 0.3 is 0 Å². The number of halogens is 1. The Morgan fingerprint density at radius 1 is 1.45 bits per heavy atom. The Bertz CT molecular complexity index is 671. The molecule has 1 amide bonds. The first-order valence-corrected chi connectivity index (χ1v) is 8.07. The van der Waals surface area contributed by atoms with Crippen LogP contribution in [-0.4, -0.2) is 39.8 Å². The second kappa shape index (κ2) is 6.48. The second-order valence-corrected chi connectivity index (χ2v) is 6.34. The standard InChI is InChI=1S/C15H18BrN5O/c1-20-9-11(7-18-20)15(22)19-12-3-2-6-21(10-12)14-4-5-17-8-13(14)16/h4-5,7-9,12H,2-3,6,10H2,1H3,(H,19,22). The normalized spacial score (nSPS) is 18.3. The van der Waals surface area contributed by atoms with E-state index in [4.69, 9.17) is 0 Å². The molecule has 1 aliphatic heterocycles. The van der Waals surface area contributed by atoms with Crippen LogP contribution in [0.1, 0.15) is 23.2 Å². The smallest absolute Gasteiger partial charge is 0.254 e. The fraction of sp³-hybridized carbons (Fsp3) is 0.400. The summed E-state index contributed by atoms with van der Waals surface area (Å²) >= 11 is 3.54. The molecule has 116 valence electrons. The van der Waals surface area contributed by atoms with Gasteiger partial charge in [-0.2, -0.15) is 5.10 Å². The van der Waals surface area contributed by atoms with Crippen molar-refractivity contribution >= 4 is 27.5 Å². The highest BCUT2D eigenvalue weighted by atomic mass is 79.9. The van der Waals surface area contributed by atoms with E-state index in [9.17, 15) is 4.79 Å². The molecule has 1 fully saturated rings. The Hall–Kier alpha value is -1.89. The van der Waals surface area contributed by atoms with Crippen LogP contribution < -0.4 is 10.2 Å². The van der Waals surface area contributed by atoms with Crippen LogP contribution in [0, 0.1) is 0 Å². The largest absolute Gasteiger partial charge is 0.368 e. The van der Waals surface area contributed by atoms with E-state index < -0.39 is 0 Å². The molecule has 3 heterocycles. The molecule has 1 unspecified atom stereocenters. The maximum atomic E-state index is 12.2. The number of carbonyl (C=O) groups is 1. The quantitative estimate of drug-likeness (QED) is 0.905. The molecule has 0 saturated carbocycles. The summed E-state index contributed by atoms with van der Waals surface area (Å²) in [5, 5.41) is 7.14. The fourth-order valence-corrected chi connectivity index (χ4v) is 3.25. The van der Waals surface area contributed by atoms with Crippen LogP contribution in [-0.2, 0) is 7.05 Å². The molecule has 1 N–H and O–H groups in total. The summed E-state index contributed by atoms with van der Waals surface area (Å²) in [5.74, 6) is -0.0613. The van der Waals surface area contributed by atoms with Gasteiger partial charge in [-0.3, -0.25) is 14.5 Å². The van der Waals surface area contributed by atoms with Gasteiger partial charge in [-0.05, 0) is 34.8 Å². The molecular weight excluding hydrogens is 346 g/mol. The summed E-state index contributed by atoms with van der Waals surface area (Å²) in [6.45, 7) is 1.79. The summed E-state index contributed by atoms with van der Waals surface area (Å²) < 4.78 is 2.62. The number of carbonyl (C=O) groups excluding carboxylic acids is 1. The van der Waals surface area contributed by atoms with Crippen LogP contribution in [0.2, 0.25) is 0 Å². The molecule has 0 aromatic carbocycles. The number of pyridine rings is 1. The van der Waals surface area contributed by atoms with Crippen molar-refractivity contribution in [2.24, 2.45) is 7.05 Å². The number of rotatable bonds is 3. The van der Waals surface area contributed by atoms with E-state index in [0.717, 1.165) is 36.1 Å². The molecule has 2 aromatic heterocycles. The molecule has 1 saturated heterocycles. The number of hydrogen-bond donors (Lipinski definition) is 1. The maximum Gasteiger partial charge on any atom is 0.254 e. The van der Waals surface area contributed by atoms with Gasteiger partial charge in [0.25, 0.3) is 5.91 Å². The van der Waals surface area contributed by atoms with Gasteiger partial charge in [-0.25, -0.2) is 0 Å². The summed E-state index contributed by atoms with van der Waals surface area (Å²) in [4.78, 5) is 18.6. The molecule has 0 bridgehead atoms. The van der Waals surface area contributed by atoms with Gasteiger partial charge in [-0.1, -0.05) is 0 Å². The van der Waals surface area contributed by atoms with Crippen LogP contribution in [0.3, 0.4) is 0 Å². The molecule has 1 aliphatic rings. The van der Waals surface area contributed by atoms with Crippen molar-refractivity contribution in [1.82, 2.24) is 20.1 Å². The van der Waals surface area contributed by atoms with Gasteiger partial charge in [-0.15, -0.1) is 0 Å². The van der Waals surface area contributed by atoms with Gasteiger partial charge in [0, 0.05) is 44.8 Å². The number of piperidine rings is 1. The second-order valence-electron chi connectivity index (χ2n) is 5.49. The average molecular weight is 364 g/mol. The molecule has 3 rings (SSSR count). The van der Waals surface area contributed by atoms with E-state index >= 15 is 0 Å². The van der Waals surface area contributed by atoms with Gasteiger partial charge in [0.1, 0.15) is 0 Å². The molecule has 0 spiro atoms. The fourth-order valence-electron chi connectivity index (χ4n) is 2.75. The number of hydrogen-bond acceptors (Lipinski definition) is 4. The van der Waals surface area contributed by atoms with E-state index in [-0.39, 0.29) is 11.9 Å². The number of amides is 1. The summed E-state index contributed by atoms with van der Waals surface area (Å²) in [5.41, 5.74) is 1.72. The van der Waals surface area contributed by atoms with Gasteiger partial charge in [0.2, 0.25) is 0 Å². The number of nitrogens with zero attached hydrogens (tertiary/aromatic N) is 4. The Balaban J connectivity index is 1.66. The number of anilines is 1. The minimum atomic E-state index is -0.0613. The van der Waals surface area contributed by atoms with Crippen molar-refractivity contribution < 1.29 is 4.79 Å². The van der Waals surface area contributed by atoms with E-state index in [2.05, 4.69) is 36.2 Å². The minimum Gasteiger partial charge on any atom is -0.368 e. The van der Waals surface area contributed by atoms with Gasteiger partial charge in [0.15, 0.2) is 0 Å². The van der Waals surface area contributed by atoms with Crippen LogP contribution in [0.25, 0.3) is 0 Å². The Labute approximate surface area is 137 Å². The Morgan fingerprint density at radius 3 is 3.05 bits per heavy atom. The van der Waals surface area contributed by atoms with Crippen LogP contribution >= 0.6 is 15.9 Å². The molecule has 0 aliphatic carbocycles. The number of aryl methyl sites for hydroxylation is 1. The van der Waals surface area contributed by atoms with Crippen molar-refractivity contribution in [2.45, 2.75) is 18.9 Å². The third-order valence-corrected chi connectivity index (χ3v) is 4.43. The third kappa shape index (κ3) is 3.30. The highest BCUT2D eigenvalue weighted by Crippen LogP contribution is 2.27. The van der Waals surface area contributed by atoms with E-state index in [1.165, 1.54) is 0 Å². The van der Waals surface area contributed by atoms with Crippen molar-refractivity contribution in [2.75, 3.05) is 18.0 Å². The zero-order chi connectivity index (χ0) is 15.5. The molecule has 0 radical (unpaired) electrons. The Kier molecular flexibility index (Phi) is 4.42. The minimum absolute atomic E-state index is 0.0613. The maximum absolute atomic E-state index is 12.2. The predicted molar refractivity (Wildman–Crippen MR) is 87.8 cm³/mol. The lowest BCUT2D eigenvalue weighted by molar-refractivity contribution is 0.0933. The molecular formula is C15H18BrN5O. The monoisotopic (exact) mass is 363 g/mol.